The van der Waals surface area contributed by atoms with Gasteiger partial charge in [-0.15, -0.1) is 0 Å². The summed E-state index contributed by atoms with van der Waals surface area (Å²) in [5.74, 6) is -0.890. The summed E-state index contributed by atoms with van der Waals surface area (Å²) in [5, 5.41) is 0. The molecule has 0 saturated carbocycles. The van der Waals surface area contributed by atoms with Gasteiger partial charge in [0.25, 0.3) is 0 Å². The van der Waals surface area contributed by atoms with Gasteiger partial charge in [-0.25, -0.2) is 4.57 Å². The lowest BCUT2D eigenvalue weighted by Gasteiger charge is -2.19. The molecule has 0 aliphatic heterocycles. The zero-order valence-corrected chi connectivity index (χ0v) is 32.1. The third kappa shape index (κ3) is 35.8. The maximum atomic E-state index is 12.5. The zero-order valence-electron chi connectivity index (χ0n) is 31.2. The van der Waals surface area contributed by atoms with Crippen molar-refractivity contribution in [3.05, 3.63) is 36.5 Å². The minimum Gasteiger partial charge on any atom is -0.462 e. The van der Waals surface area contributed by atoms with Crippen LogP contribution < -0.4 is 5.73 Å². The summed E-state index contributed by atoms with van der Waals surface area (Å²) in [5.41, 5.74) is 5.33. The highest BCUT2D eigenvalue weighted by molar-refractivity contribution is 7.47. The lowest BCUT2D eigenvalue weighted by atomic mass is 10.1. The SMILES string of the molecule is CCCCCCCC/C=C\C/C=C\C/C=C\CCCC(=O)O[C@H](COC(=O)CCCCCCCCCCCCC)COP(=O)(O)OCCN. The lowest BCUT2D eigenvalue weighted by Crippen LogP contribution is -2.29. The molecule has 0 fully saturated rings. The van der Waals surface area contributed by atoms with Crippen LogP contribution in [0.2, 0.25) is 0 Å². The van der Waals surface area contributed by atoms with Crippen molar-refractivity contribution in [3.63, 3.8) is 0 Å². The number of ether oxygens (including phenoxy) is 2. The molecule has 9 nitrogen and oxygen atoms in total. The first kappa shape index (κ1) is 47.2. The van der Waals surface area contributed by atoms with Gasteiger partial charge in [0.2, 0.25) is 0 Å². The van der Waals surface area contributed by atoms with E-state index in [1.807, 2.05) is 6.08 Å². The van der Waals surface area contributed by atoms with Crippen molar-refractivity contribution in [2.75, 3.05) is 26.4 Å². The van der Waals surface area contributed by atoms with Gasteiger partial charge in [-0.2, -0.15) is 0 Å². The number of carbonyl (C=O) groups excluding carboxylic acids is 2. The van der Waals surface area contributed by atoms with Crippen molar-refractivity contribution in [2.24, 2.45) is 5.73 Å². The van der Waals surface area contributed by atoms with E-state index in [1.54, 1.807) is 0 Å². The molecule has 0 aliphatic carbocycles. The van der Waals surface area contributed by atoms with Gasteiger partial charge in [0.15, 0.2) is 6.10 Å². The molecular weight excluding hydrogens is 641 g/mol. The Bertz CT molecular complexity index is 907. The molecule has 0 aromatic rings. The summed E-state index contributed by atoms with van der Waals surface area (Å²) < 4.78 is 32.6. The molecule has 0 saturated heterocycles. The predicted molar refractivity (Wildman–Crippen MR) is 201 cm³/mol. The van der Waals surface area contributed by atoms with Crippen molar-refractivity contribution < 1.29 is 37.6 Å². The number of phosphoric acid groups is 1. The number of phosphoric ester groups is 1. The van der Waals surface area contributed by atoms with E-state index in [2.05, 4.69) is 44.2 Å². The molecule has 10 heteroatoms. The van der Waals surface area contributed by atoms with Crippen molar-refractivity contribution >= 4 is 19.8 Å². The minimum absolute atomic E-state index is 0.0461. The van der Waals surface area contributed by atoms with Gasteiger partial charge in [-0.1, -0.05) is 147 Å². The smallest absolute Gasteiger partial charge is 0.462 e. The predicted octanol–water partition coefficient (Wildman–Crippen LogP) is 10.6. The highest BCUT2D eigenvalue weighted by atomic mass is 31.2. The second-order valence-corrected chi connectivity index (χ2v) is 14.3. The van der Waals surface area contributed by atoms with E-state index in [4.69, 9.17) is 24.3 Å². The van der Waals surface area contributed by atoms with Gasteiger partial charge in [0, 0.05) is 19.4 Å². The molecule has 0 spiro atoms. The van der Waals surface area contributed by atoms with E-state index < -0.39 is 32.5 Å². The number of hydrogen-bond donors (Lipinski definition) is 2. The van der Waals surface area contributed by atoms with Crippen molar-refractivity contribution in [1.29, 1.82) is 0 Å². The minimum atomic E-state index is -4.38. The molecule has 0 aromatic heterocycles. The van der Waals surface area contributed by atoms with Crippen LogP contribution in [0.4, 0.5) is 0 Å². The van der Waals surface area contributed by atoms with Gasteiger partial charge in [0.05, 0.1) is 13.2 Å². The molecule has 0 radical (unpaired) electrons. The van der Waals surface area contributed by atoms with Crippen LogP contribution in [0.15, 0.2) is 36.5 Å². The average molecular weight is 714 g/mol. The van der Waals surface area contributed by atoms with Crippen LogP contribution in [0.5, 0.6) is 0 Å². The van der Waals surface area contributed by atoms with Crippen LogP contribution in [0, 0.1) is 0 Å². The Labute approximate surface area is 299 Å². The number of allylic oxidation sites excluding steroid dienone is 6. The molecule has 0 aliphatic rings. The van der Waals surface area contributed by atoms with E-state index in [1.165, 1.54) is 89.9 Å². The summed E-state index contributed by atoms with van der Waals surface area (Å²) in [4.78, 5) is 34.7. The van der Waals surface area contributed by atoms with Crippen LogP contribution in [-0.2, 0) is 32.7 Å². The largest absolute Gasteiger partial charge is 0.472 e. The Morgan fingerprint density at radius 2 is 1.08 bits per heavy atom. The fraction of sp³-hybridized carbons (Fsp3) is 0.795. The van der Waals surface area contributed by atoms with Crippen molar-refractivity contribution in [2.45, 2.75) is 174 Å². The van der Waals surface area contributed by atoms with Crippen LogP contribution in [0.3, 0.4) is 0 Å². The Hall–Kier alpha value is -1.77. The number of unbranched alkanes of at least 4 members (excludes halogenated alkanes) is 17. The van der Waals surface area contributed by atoms with E-state index in [0.717, 1.165) is 44.9 Å². The molecule has 3 N–H and O–H groups in total. The van der Waals surface area contributed by atoms with E-state index >= 15 is 0 Å². The summed E-state index contributed by atoms with van der Waals surface area (Å²) in [6.07, 6.45) is 37.5. The van der Waals surface area contributed by atoms with Crippen LogP contribution in [0.25, 0.3) is 0 Å². The first-order valence-corrected chi connectivity index (χ1v) is 21.0. The van der Waals surface area contributed by atoms with Gasteiger partial charge in [-0.05, 0) is 44.9 Å². The number of hydrogen-bond acceptors (Lipinski definition) is 8. The Morgan fingerprint density at radius 1 is 0.612 bits per heavy atom. The fourth-order valence-electron chi connectivity index (χ4n) is 5.12. The van der Waals surface area contributed by atoms with Crippen LogP contribution >= 0.6 is 7.82 Å². The molecule has 0 bridgehead atoms. The summed E-state index contributed by atoms with van der Waals surface area (Å²) in [7, 11) is -4.38. The van der Waals surface area contributed by atoms with E-state index in [0.29, 0.717) is 6.42 Å². The third-order valence-electron chi connectivity index (χ3n) is 8.03. The Balaban J connectivity index is 4.30. The van der Waals surface area contributed by atoms with Crippen molar-refractivity contribution in [1.82, 2.24) is 0 Å². The van der Waals surface area contributed by atoms with E-state index in [9.17, 15) is 19.0 Å². The number of esters is 2. The molecule has 0 amide bonds. The zero-order chi connectivity index (χ0) is 36.1. The number of nitrogens with two attached hydrogens (primary N) is 1. The van der Waals surface area contributed by atoms with Crippen LogP contribution in [-0.4, -0.2) is 49.3 Å². The second kappa shape index (κ2) is 36.0. The summed E-state index contributed by atoms with van der Waals surface area (Å²) in [6.45, 7) is 3.65. The van der Waals surface area contributed by atoms with Gasteiger partial charge >= 0.3 is 19.8 Å². The highest BCUT2D eigenvalue weighted by Gasteiger charge is 2.25. The first-order valence-electron chi connectivity index (χ1n) is 19.5. The molecule has 286 valence electrons. The Morgan fingerprint density at radius 3 is 1.63 bits per heavy atom. The van der Waals surface area contributed by atoms with Gasteiger partial charge in [-0.3, -0.25) is 18.6 Å². The molecule has 0 aromatic carbocycles. The maximum absolute atomic E-state index is 12.5. The van der Waals surface area contributed by atoms with Crippen molar-refractivity contribution in [3.8, 4) is 0 Å². The van der Waals surface area contributed by atoms with Crippen LogP contribution in [0.1, 0.15) is 168 Å². The molecule has 2 atom stereocenters. The topological polar surface area (TPSA) is 134 Å². The lowest BCUT2D eigenvalue weighted by molar-refractivity contribution is -0.161. The highest BCUT2D eigenvalue weighted by Crippen LogP contribution is 2.43. The van der Waals surface area contributed by atoms with E-state index in [-0.39, 0.29) is 32.6 Å². The monoisotopic (exact) mass is 713 g/mol. The normalized spacial score (nSPS) is 13.8. The number of rotatable bonds is 36. The Kier molecular flexibility index (Phi) is 34.7. The molecular formula is C39H72NO8P. The second-order valence-electron chi connectivity index (χ2n) is 12.8. The molecule has 49 heavy (non-hydrogen) atoms. The van der Waals surface area contributed by atoms with Gasteiger partial charge in [0.1, 0.15) is 6.61 Å². The maximum Gasteiger partial charge on any atom is 0.472 e. The standard InChI is InChI=1S/C39H72NO8P/c1-3-5-7-9-11-13-15-16-17-18-19-20-22-24-26-28-30-32-39(42)48-37(36-47-49(43,44)46-34-33-40)35-45-38(41)31-29-27-25-23-21-14-12-10-8-6-4-2/h16-17,19-20,24,26,37H,3-15,18,21-23,25,27-36,40H2,1-2H3,(H,43,44)/b17-16-,20-19-,26-24-/t37-/m1/s1. The quantitative estimate of drug-likeness (QED) is 0.0281. The molecule has 0 rings (SSSR count). The van der Waals surface area contributed by atoms with Gasteiger partial charge < -0.3 is 20.1 Å². The average Bonchev–Trinajstić information content (AvgIpc) is 3.08. The summed E-state index contributed by atoms with van der Waals surface area (Å²) >= 11 is 0. The molecule has 0 heterocycles. The number of carbonyl (C=O) groups is 2. The first-order chi connectivity index (χ1) is 23.8. The molecule has 1 unspecified atom stereocenters. The summed E-state index contributed by atoms with van der Waals surface area (Å²) in [6, 6.07) is 0. The third-order valence-corrected chi connectivity index (χ3v) is 9.01. The fourth-order valence-corrected chi connectivity index (χ4v) is 5.89.